The van der Waals surface area contributed by atoms with E-state index in [9.17, 15) is 14.4 Å². The first-order valence-electron chi connectivity index (χ1n) is 4.57. The van der Waals surface area contributed by atoms with Crippen molar-refractivity contribution in [2.75, 3.05) is 6.54 Å². The van der Waals surface area contributed by atoms with Gasteiger partial charge in [-0.05, 0) is 13.0 Å². The van der Waals surface area contributed by atoms with Crippen molar-refractivity contribution in [3.63, 3.8) is 0 Å². The van der Waals surface area contributed by atoms with Gasteiger partial charge in [0.2, 0.25) is 11.8 Å². The van der Waals surface area contributed by atoms with E-state index in [4.69, 9.17) is 10.8 Å². The van der Waals surface area contributed by atoms with E-state index in [1.54, 1.807) is 0 Å². The number of nitrogens with two attached hydrogens (primary N) is 1. The lowest BCUT2D eigenvalue weighted by Gasteiger charge is -2.28. The predicted molar refractivity (Wildman–Crippen MR) is 49.8 cm³/mol. The Balaban J connectivity index is 2.58. The molecule has 84 valence electrons. The average molecular weight is 215 g/mol. The second-order valence-electron chi connectivity index (χ2n) is 3.30. The zero-order valence-electron chi connectivity index (χ0n) is 8.03. The zero-order valence-corrected chi connectivity index (χ0v) is 8.03. The fourth-order valence-corrected chi connectivity index (χ4v) is 1.36. The maximum absolute atomic E-state index is 11.3. The van der Waals surface area contributed by atoms with E-state index >= 15 is 0 Å². The van der Waals surface area contributed by atoms with Crippen molar-refractivity contribution in [2.45, 2.75) is 24.9 Å². The third-order valence-corrected chi connectivity index (χ3v) is 2.10. The minimum absolute atomic E-state index is 0.280. The fourth-order valence-electron chi connectivity index (χ4n) is 1.36. The summed E-state index contributed by atoms with van der Waals surface area (Å²) in [6.07, 6.45) is -0.0652. The second kappa shape index (κ2) is 4.74. The van der Waals surface area contributed by atoms with Crippen LogP contribution in [-0.4, -0.2) is 41.5 Å². The van der Waals surface area contributed by atoms with E-state index in [0.717, 1.165) is 0 Å². The van der Waals surface area contributed by atoms with Gasteiger partial charge in [-0.1, -0.05) is 0 Å². The highest BCUT2D eigenvalue weighted by Crippen LogP contribution is 2.03. The largest absolute Gasteiger partial charge is 0.481 e. The standard InChI is InChI=1S/C8H13N3O4/c9-2-1-4-7(14)11-5(3-6(12)13)8(15)10-4/h4-5H,1-3,9H2,(H,10,15)(H,11,14)(H,12,13)/t4-,5+/m0/s1. The lowest BCUT2D eigenvalue weighted by atomic mass is 10.1. The molecule has 0 aliphatic carbocycles. The highest BCUT2D eigenvalue weighted by Gasteiger charge is 2.34. The summed E-state index contributed by atoms with van der Waals surface area (Å²) in [5.74, 6) is -1.99. The van der Waals surface area contributed by atoms with Crippen LogP contribution in [0.5, 0.6) is 0 Å². The number of carboxylic acid groups (broad SMARTS) is 1. The Bertz CT molecular complexity index is 292. The van der Waals surface area contributed by atoms with E-state index in [1.807, 2.05) is 0 Å². The molecular formula is C8H13N3O4. The Morgan fingerprint density at radius 2 is 1.80 bits per heavy atom. The van der Waals surface area contributed by atoms with Crippen LogP contribution < -0.4 is 16.4 Å². The molecule has 0 spiro atoms. The van der Waals surface area contributed by atoms with Gasteiger partial charge in [0.05, 0.1) is 6.42 Å². The molecule has 1 saturated heterocycles. The lowest BCUT2D eigenvalue weighted by molar-refractivity contribution is -0.143. The lowest BCUT2D eigenvalue weighted by Crippen LogP contribution is -2.62. The predicted octanol–water partition coefficient (Wildman–Crippen LogP) is -2.21. The van der Waals surface area contributed by atoms with Gasteiger partial charge in [-0.15, -0.1) is 0 Å². The number of amides is 2. The van der Waals surface area contributed by atoms with Crippen molar-refractivity contribution in [1.29, 1.82) is 0 Å². The molecule has 1 fully saturated rings. The number of carbonyl (C=O) groups is 3. The molecule has 0 unspecified atom stereocenters. The van der Waals surface area contributed by atoms with E-state index < -0.39 is 30.4 Å². The Morgan fingerprint density at radius 3 is 2.33 bits per heavy atom. The van der Waals surface area contributed by atoms with E-state index in [2.05, 4.69) is 10.6 Å². The summed E-state index contributed by atoms with van der Waals surface area (Å²) in [6, 6.07) is -1.63. The van der Waals surface area contributed by atoms with Gasteiger partial charge in [0.1, 0.15) is 12.1 Å². The maximum atomic E-state index is 11.3. The van der Waals surface area contributed by atoms with Gasteiger partial charge >= 0.3 is 5.97 Å². The van der Waals surface area contributed by atoms with Gasteiger partial charge < -0.3 is 21.5 Å². The first kappa shape index (κ1) is 11.4. The molecule has 0 aromatic heterocycles. The monoisotopic (exact) mass is 215 g/mol. The van der Waals surface area contributed by atoms with E-state index in [-0.39, 0.29) is 12.5 Å². The number of aliphatic carboxylic acids is 1. The molecule has 1 heterocycles. The fraction of sp³-hybridized carbons (Fsp3) is 0.625. The SMILES string of the molecule is NCC[C@@H]1NC(=O)[C@@H](CC(=O)O)NC1=O. The highest BCUT2D eigenvalue weighted by atomic mass is 16.4. The van der Waals surface area contributed by atoms with Crippen molar-refractivity contribution in [2.24, 2.45) is 5.73 Å². The molecule has 0 aromatic carbocycles. The van der Waals surface area contributed by atoms with Gasteiger partial charge in [-0.2, -0.15) is 0 Å². The molecule has 7 heteroatoms. The van der Waals surface area contributed by atoms with Crippen LogP contribution in [0.3, 0.4) is 0 Å². The summed E-state index contributed by atoms with van der Waals surface area (Å²) >= 11 is 0. The van der Waals surface area contributed by atoms with Gasteiger partial charge in [0, 0.05) is 0 Å². The van der Waals surface area contributed by atoms with E-state index in [0.29, 0.717) is 6.42 Å². The topological polar surface area (TPSA) is 122 Å². The molecule has 7 nitrogen and oxygen atoms in total. The van der Waals surface area contributed by atoms with Crippen molar-refractivity contribution in [1.82, 2.24) is 10.6 Å². The van der Waals surface area contributed by atoms with Crippen molar-refractivity contribution in [3.05, 3.63) is 0 Å². The molecule has 0 bridgehead atoms. The number of hydrogen-bond acceptors (Lipinski definition) is 4. The van der Waals surface area contributed by atoms with Crippen molar-refractivity contribution in [3.8, 4) is 0 Å². The summed E-state index contributed by atoms with van der Waals surface area (Å²) in [6.45, 7) is 0.280. The van der Waals surface area contributed by atoms with Crippen LogP contribution in [0.2, 0.25) is 0 Å². The summed E-state index contributed by atoms with van der Waals surface area (Å²) in [5.41, 5.74) is 5.26. The first-order chi connectivity index (χ1) is 7.04. The smallest absolute Gasteiger partial charge is 0.305 e. The summed E-state index contributed by atoms with van der Waals surface area (Å²) in [4.78, 5) is 33.1. The number of hydrogen-bond donors (Lipinski definition) is 4. The molecule has 2 amide bonds. The summed E-state index contributed by atoms with van der Waals surface area (Å²) in [7, 11) is 0. The van der Waals surface area contributed by atoms with Crippen LogP contribution in [0.25, 0.3) is 0 Å². The number of piperazine rings is 1. The van der Waals surface area contributed by atoms with Crippen LogP contribution in [0.4, 0.5) is 0 Å². The van der Waals surface area contributed by atoms with Gasteiger partial charge in [-0.25, -0.2) is 0 Å². The zero-order chi connectivity index (χ0) is 11.4. The molecule has 2 atom stereocenters. The third kappa shape index (κ3) is 2.91. The maximum Gasteiger partial charge on any atom is 0.305 e. The molecule has 0 saturated carbocycles. The Kier molecular flexibility index (Phi) is 3.62. The van der Waals surface area contributed by atoms with Crippen molar-refractivity contribution >= 4 is 17.8 Å². The van der Waals surface area contributed by atoms with Crippen LogP contribution in [0.1, 0.15) is 12.8 Å². The van der Waals surface area contributed by atoms with Gasteiger partial charge in [0.15, 0.2) is 0 Å². The second-order valence-corrected chi connectivity index (χ2v) is 3.30. The van der Waals surface area contributed by atoms with Gasteiger partial charge in [0.25, 0.3) is 0 Å². The minimum Gasteiger partial charge on any atom is -0.481 e. The summed E-state index contributed by atoms with van der Waals surface area (Å²) in [5, 5.41) is 13.3. The molecule has 1 aliphatic rings. The third-order valence-electron chi connectivity index (χ3n) is 2.10. The van der Waals surface area contributed by atoms with Crippen molar-refractivity contribution < 1.29 is 19.5 Å². The number of carboxylic acids is 1. The highest BCUT2D eigenvalue weighted by molar-refractivity contribution is 5.98. The van der Waals surface area contributed by atoms with Crippen LogP contribution >= 0.6 is 0 Å². The average Bonchev–Trinajstić information content (AvgIpc) is 2.13. The number of rotatable bonds is 4. The van der Waals surface area contributed by atoms with Crippen LogP contribution in [0.15, 0.2) is 0 Å². The number of carbonyl (C=O) groups excluding carboxylic acids is 2. The molecule has 1 rings (SSSR count). The minimum atomic E-state index is -1.13. The van der Waals surface area contributed by atoms with Crippen LogP contribution in [0, 0.1) is 0 Å². The molecular weight excluding hydrogens is 202 g/mol. The molecule has 5 N–H and O–H groups in total. The Hall–Kier alpha value is -1.63. The Labute approximate surface area is 86.0 Å². The normalized spacial score (nSPS) is 25.7. The van der Waals surface area contributed by atoms with E-state index in [1.165, 1.54) is 0 Å². The van der Waals surface area contributed by atoms with Crippen LogP contribution in [-0.2, 0) is 14.4 Å². The quantitative estimate of drug-likeness (QED) is 0.423. The van der Waals surface area contributed by atoms with Gasteiger partial charge in [-0.3, -0.25) is 14.4 Å². The Morgan fingerprint density at radius 1 is 1.27 bits per heavy atom. The summed E-state index contributed by atoms with van der Waals surface area (Å²) < 4.78 is 0. The number of nitrogens with one attached hydrogen (secondary N) is 2. The first-order valence-corrected chi connectivity index (χ1v) is 4.57. The molecule has 0 aromatic rings. The molecule has 0 radical (unpaired) electrons. The molecule has 15 heavy (non-hydrogen) atoms. The molecule has 1 aliphatic heterocycles.